The molecule has 1 amide bonds. The maximum absolute atomic E-state index is 11.1. The molecule has 4 nitrogen and oxygen atoms in total. The molecular weight excluding hydrogens is 344 g/mol. The third-order valence-corrected chi connectivity index (χ3v) is 6.98. The summed E-state index contributed by atoms with van der Waals surface area (Å²) in [5.41, 5.74) is 0. The number of carbonyl (C=O) groups is 1. The molecule has 0 spiro atoms. The Kier molecular flexibility index (Phi) is 15.3. The van der Waals surface area contributed by atoms with E-state index in [1.54, 1.807) is 0 Å². The van der Waals surface area contributed by atoms with Gasteiger partial charge in [0.05, 0.1) is 0 Å². The third-order valence-electron chi connectivity index (χ3n) is 1.55. The minimum Gasteiger partial charge on any atom is -0.412 e. The smallest absolute Gasteiger partial charge is 0.412 e. The zero-order valence-electron chi connectivity index (χ0n) is 8.94. The monoisotopic (exact) mass is 365 g/mol. The quantitative estimate of drug-likeness (QED) is 0.413. The molecule has 0 aromatic rings. The molecule has 0 atom stereocenters. The zero-order valence-corrected chi connectivity index (χ0v) is 13.5. The number of rotatable bonds is 7. The van der Waals surface area contributed by atoms with Gasteiger partial charge in [-0.1, -0.05) is 0 Å². The fourth-order valence-electron chi connectivity index (χ4n) is 0.782. The minimum absolute atomic E-state index is 0. The van der Waals surface area contributed by atoms with Gasteiger partial charge in [0, 0.05) is 0 Å². The van der Waals surface area contributed by atoms with Gasteiger partial charge in [0.25, 0.3) is 0 Å². The van der Waals surface area contributed by atoms with Gasteiger partial charge in [0.15, 0.2) is 0 Å². The number of hydrogen-bond donors (Lipinski definition) is 1. The Morgan fingerprint density at radius 1 is 1.53 bits per heavy atom. The van der Waals surface area contributed by atoms with Crippen LogP contribution in [0.2, 0.25) is 4.44 Å². The van der Waals surface area contributed by atoms with Crippen LogP contribution < -0.4 is 5.32 Å². The standard InChI is InChI=1S/C4H9NO2S.C4H9.ClH.H2O.Sn/c6-4(7)5-2-1-3-8;1-3-4-2;;;/h5,8H,1-3H2,(H,6,7);1,3-4H2,2H3;1H;1H2;/q;;;;+2/p-1. The molecule has 0 aromatic heterocycles. The average molecular weight is 364 g/mol. The van der Waals surface area contributed by atoms with E-state index in [1.807, 2.05) is 0 Å². The molecule has 0 fully saturated rings. The van der Waals surface area contributed by atoms with Crippen molar-refractivity contribution in [2.24, 2.45) is 0 Å². The average Bonchev–Trinajstić information content (AvgIpc) is 2.15. The van der Waals surface area contributed by atoms with E-state index in [4.69, 9.17) is 12.0 Å². The van der Waals surface area contributed by atoms with Crippen molar-refractivity contribution in [3.05, 3.63) is 0 Å². The van der Waals surface area contributed by atoms with Gasteiger partial charge < -0.3 is 5.48 Å². The summed E-state index contributed by atoms with van der Waals surface area (Å²) in [4.78, 5) is 11.1. The molecule has 0 saturated heterocycles. The van der Waals surface area contributed by atoms with E-state index < -0.39 is 19.0 Å². The molecule has 15 heavy (non-hydrogen) atoms. The topological polar surface area (TPSA) is 69.8 Å². The normalized spacial score (nSPS) is 9.60. The second kappa shape index (κ2) is 12.7. The van der Waals surface area contributed by atoms with Gasteiger partial charge in [-0.2, -0.15) is 0 Å². The van der Waals surface area contributed by atoms with Crippen LogP contribution >= 0.6 is 8.92 Å². The Morgan fingerprint density at radius 2 is 2.20 bits per heavy atom. The number of carbonyl (C=O) groups excluding carboxylic acids is 1. The zero-order chi connectivity index (χ0) is 10.8. The van der Waals surface area contributed by atoms with Crippen molar-refractivity contribution in [1.29, 1.82) is 0 Å². The second-order valence-electron chi connectivity index (χ2n) is 2.88. The number of unbranched alkanes of at least 4 members (excludes halogenated alkanes) is 1. The van der Waals surface area contributed by atoms with E-state index in [1.165, 1.54) is 0 Å². The fourth-order valence-corrected chi connectivity index (χ4v) is 5.20. The molecule has 1 radical (unpaired) electrons. The molecule has 91 valence electrons. The van der Waals surface area contributed by atoms with Crippen LogP contribution in [0, 0.1) is 0 Å². The summed E-state index contributed by atoms with van der Waals surface area (Å²) >= 11 is 1.01. The predicted molar refractivity (Wildman–Crippen MR) is 69.1 cm³/mol. The number of halogens is 1. The first-order chi connectivity index (χ1) is 6.70. The van der Waals surface area contributed by atoms with E-state index in [0.717, 1.165) is 29.5 Å². The van der Waals surface area contributed by atoms with Gasteiger partial charge in [-0.15, -0.1) is 0 Å². The molecular formula is C8H20ClNO3SSn+. The predicted octanol–water partition coefficient (Wildman–Crippen LogP) is 0.817. The summed E-state index contributed by atoms with van der Waals surface area (Å²) in [6.07, 6.45) is 2.73. The van der Waals surface area contributed by atoms with Crippen molar-refractivity contribution in [3.63, 3.8) is 0 Å². The summed E-state index contributed by atoms with van der Waals surface area (Å²) in [5.74, 6) is 0.878. The van der Waals surface area contributed by atoms with Gasteiger partial charge in [0.2, 0.25) is 0 Å². The molecule has 0 aliphatic rings. The fraction of sp³-hybridized carbons (Fsp3) is 0.875. The molecule has 0 heterocycles. The number of nitrogens with one attached hydrogen (secondary N) is 1. The van der Waals surface area contributed by atoms with Crippen LogP contribution in [0.4, 0.5) is 4.79 Å². The van der Waals surface area contributed by atoms with Crippen molar-refractivity contribution in [3.8, 4) is 0 Å². The van der Waals surface area contributed by atoms with E-state index in [-0.39, 0.29) is 11.6 Å². The maximum Gasteiger partial charge on any atom is -0.412 e. The Labute approximate surface area is 108 Å². The summed E-state index contributed by atoms with van der Waals surface area (Å²) < 4.78 is 6.00. The first-order valence-corrected chi connectivity index (χ1v) is 12.3. The Bertz CT molecular complexity index is 165. The molecule has 0 aliphatic carbocycles. The summed E-state index contributed by atoms with van der Waals surface area (Å²) in [6.45, 7) is 2.74. The maximum atomic E-state index is 11.1. The first kappa shape index (κ1) is 18.0. The molecule has 0 rings (SSSR count). The van der Waals surface area contributed by atoms with Gasteiger partial charge in [0.1, 0.15) is 0 Å². The number of hydrogen-bond acceptors (Lipinski definition) is 2. The van der Waals surface area contributed by atoms with Crippen molar-refractivity contribution >= 4 is 46.7 Å². The van der Waals surface area contributed by atoms with Gasteiger partial charge in [-0.25, -0.2) is 0 Å². The van der Waals surface area contributed by atoms with Crippen molar-refractivity contribution < 1.29 is 13.3 Å². The van der Waals surface area contributed by atoms with E-state index in [9.17, 15) is 4.79 Å². The molecule has 0 saturated carbocycles. The molecule has 3 N–H and O–H groups in total. The van der Waals surface area contributed by atoms with Gasteiger partial charge >= 0.3 is 103 Å². The Morgan fingerprint density at radius 3 is 2.73 bits per heavy atom. The van der Waals surface area contributed by atoms with Crippen LogP contribution in [-0.4, -0.2) is 42.9 Å². The molecule has 0 unspecified atom stereocenters. The van der Waals surface area contributed by atoms with E-state index >= 15 is 0 Å². The summed E-state index contributed by atoms with van der Waals surface area (Å²) in [5, 5.41) is 2.66. The molecule has 0 aliphatic heterocycles. The van der Waals surface area contributed by atoms with Crippen molar-refractivity contribution in [1.82, 2.24) is 5.32 Å². The van der Waals surface area contributed by atoms with Crippen LogP contribution in [0.3, 0.4) is 0 Å². The Balaban J connectivity index is 0. The van der Waals surface area contributed by atoms with Crippen molar-refractivity contribution in [2.45, 2.75) is 30.6 Å². The van der Waals surface area contributed by atoms with Crippen LogP contribution in [0.15, 0.2) is 0 Å². The van der Waals surface area contributed by atoms with Gasteiger partial charge in [-0.05, 0) is 0 Å². The summed E-state index contributed by atoms with van der Waals surface area (Å²) in [6, 6.07) is 0. The number of amides is 1. The molecule has 0 bridgehead atoms. The van der Waals surface area contributed by atoms with Crippen LogP contribution in [0.1, 0.15) is 26.2 Å². The van der Waals surface area contributed by atoms with E-state index in [2.05, 4.69) is 24.9 Å². The minimum atomic E-state index is -2.31. The second-order valence-corrected chi connectivity index (χ2v) is 10.2. The van der Waals surface area contributed by atoms with E-state index in [0.29, 0.717) is 6.54 Å². The molecule has 7 heteroatoms. The van der Waals surface area contributed by atoms with Crippen LogP contribution in [0.25, 0.3) is 0 Å². The third kappa shape index (κ3) is 12.6. The molecule has 0 aromatic carbocycles. The van der Waals surface area contributed by atoms with Crippen LogP contribution in [-0.2, 0) is 15.7 Å². The van der Waals surface area contributed by atoms with Crippen molar-refractivity contribution in [2.75, 3.05) is 12.3 Å². The largest absolute Gasteiger partial charge is 0.412 e. The van der Waals surface area contributed by atoms with Crippen LogP contribution in [0.5, 0.6) is 0 Å². The van der Waals surface area contributed by atoms with Gasteiger partial charge in [-0.3, -0.25) is 0 Å². The first-order valence-electron chi connectivity index (χ1n) is 4.82. The SMILES string of the molecule is CCC[CH2][Sn]([Cl])[O]C(=O)NCCC[SH2+].O. The summed E-state index contributed by atoms with van der Waals surface area (Å²) in [7, 11) is 5.97. The Hall–Kier alpha value is 0.669.